The summed E-state index contributed by atoms with van der Waals surface area (Å²) in [5.41, 5.74) is 1.04. The lowest BCUT2D eigenvalue weighted by molar-refractivity contribution is 0.0697. The van der Waals surface area contributed by atoms with Crippen molar-refractivity contribution in [1.29, 1.82) is 0 Å². The van der Waals surface area contributed by atoms with Crippen LogP contribution in [0.3, 0.4) is 0 Å². The Kier molecular flexibility index (Phi) is 2.94. The molecular formula is C14H16ClNO2. The number of rotatable bonds is 3. The molecule has 4 heteroatoms. The Labute approximate surface area is 111 Å². The summed E-state index contributed by atoms with van der Waals surface area (Å²) in [7, 11) is 0. The highest BCUT2D eigenvalue weighted by molar-refractivity contribution is 6.33. The number of halogens is 1. The summed E-state index contributed by atoms with van der Waals surface area (Å²) in [5, 5.41) is 12.8. The first-order chi connectivity index (χ1) is 8.63. The minimum Gasteiger partial charge on any atom is -0.478 e. The van der Waals surface area contributed by atoms with Gasteiger partial charge in [0.05, 0.1) is 10.6 Å². The molecule has 2 aliphatic rings. The zero-order valence-electron chi connectivity index (χ0n) is 10.0. The van der Waals surface area contributed by atoms with Gasteiger partial charge in [-0.25, -0.2) is 4.79 Å². The molecule has 3 unspecified atom stereocenters. The number of benzene rings is 1. The number of aromatic carboxylic acids is 1. The summed E-state index contributed by atoms with van der Waals surface area (Å²) in [4.78, 5) is 11.0. The first kappa shape index (κ1) is 11.8. The average Bonchev–Trinajstić information content (AvgIpc) is 2.93. The molecule has 0 radical (unpaired) electrons. The van der Waals surface area contributed by atoms with Crippen molar-refractivity contribution >= 4 is 23.3 Å². The van der Waals surface area contributed by atoms with Gasteiger partial charge < -0.3 is 10.4 Å². The summed E-state index contributed by atoms with van der Waals surface area (Å²) in [6.45, 7) is 0. The molecule has 2 aliphatic carbocycles. The van der Waals surface area contributed by atoms with Crippen molar-refractivity contribution in [2.24, 2.45) is 11.8 Å². The minimum absolute atomic E-state index is 0.171. The van der Waals surface area contributed by atoms with Crippen molar-refractivity contribution in [2.75, 3.05) is 5.32 Å². The van der Waals surface area contributed by atoms with E-state index in [4.69, 9.17) is 16.7 Å². The summed E-state index contributed by atoms with van der Waals surface area (Å²) >= 11 is 5.86. The van der Waals surface area contributed by atoms with E-state index < -0.39 is 5.97 Å². The highest BCUT2D eigenvalue weighted by Gasteiger charge is 2.39. The van der Waals surface area contributed by atoms with E-state index in [1.807, 2.05) is 6.07 Å². The van der Waals surface area contributed by atoms with Gasteiger partial charge in [-0.2, -0.15) is 0 Å². The number of fused-ring (bicyclic) bond motifs is 2. The monoisotopic (exact) mass is 265 g/mol. The second-order valence-electron chi connectivity index (χ2n) is 5.43. The number of anilines is 1. The maximum Gasteiger partial charge on any atom is 0.337 e. The number of carboxylic acid groups (broad SMARTS) is 1. The lowest BCUT2D eigenvalue weighted by Crippen LogP contribution is -2.25. The van der Waals surface area contributed by atoms with Gasteiger partial charge >= 0.3 is 5.97 Å². The molecule has 0 spiro atoms. The fourth-order valence-corrected chi connectivity index (χ4v) is 3.61. The molecule has 2 bridgehead atoms. The van der Waals surface area contributed by atoms with Gasteiger partial charge in [-0.15, -0.1) is 0 Å². The first-order valence-electron chi connectivity index (χ1n) is 6.43. The molecule has 0 saturated heterocycles. The van der Waals surface area contributed by atoms with Crippen LogP contribution in [-0.2, 0) is 0 Å². The molecule has 3 nitrogen and oxygen atoms in total. The van der Waals surface area contributed by atoms with Crippen LogP contribution in [0.4, 0.5) is 5.69 Å². The predicted molar refractivity (Wildman–Crippen MR) is 71.3 cm³/mol. The number of carbonyl (C=O) groups is 1. The Morgan fingerprint density at radius 3 is 2.78 bits per heavy atom. The maximum atomic E-state index is 11.0. The van der Waals surface area contributed by atoms with Crippen molar-refractivity contribution in [3.63, 3.8) is 0 Å². The molecule has 0 heterocycles. The van der Waals surface area contributed by atoms with Crippen molar-refractivity contribution in [3.05, 3.63) is 28.8 Å². The topological polar surface area (TPSA) is 49.3 Å². The molecule has 1 aromatic rings. The summed E-state index contributed by atoms with van der Waals surface area (Å²) in [6.07, 6.45) is 5.22. The van der Waals surface area contributed by atoms with E-state index in [9.17, 15) is 4.79 Å². The van der Waals surface area contributed by atoms with E-state index in [1.54, 1.807) is 12.1 Å². The van der Waals surface area contributed by atoms with Crippen LogP contribution in [0.5, 0.6) is 0 Å². The highest BCUT2D eigenvalue weighted by Crippen LogP contribution is 2.45. The number of hydrogen-bond donors (Lipinski definition) is 2. The molecule has 0 amide bonds. The van der Waals surface area contributed by atoms with Crippen LogP contribution in [0, 0.1) is 11.8 Å². The fraction of sp³-hybridized carbons (Fsp3) is 0.500. The van der Waals surface area contributed by atoms with E-state index >= 15 is 0 Å². The molecule has 0 aromatic heterocycles. The third-order valence-corrected chi connectivity index (χ3v) is 4.62. The number of nitrogens with one attached hydrogen (secondary N) is 1. The van der Waals surface area contributed by atoms with Crippen LogP contribution in [0.2, 0.25) is 5.02 Å². The fourth-order valence-electron chi connectivity index (χ4n) is 3.41. The van der Waals surface area contributed by atoms with Crippen LogP contribution in [0.15, 0.2) is 18.2 Å². The van der Waals surface area contributed by atoms with Crippen molar-refractivity contribution in [1.82, 2.24) is 0 Å². The Hall–Kier alpha value is -1.22. The Bertz CT molecular complexity index is 489. The van der Waals surface area contributed by atoms with E-state index in [2.05, 4.69) is 5.32 Å². The minimum atomic E-state index is -0.975. The van der Waals surface area contributed by atoms with E-state index in [1.165, 1.54) is 25.7 Å². The van der Waals surface area contributed by atoms with Crippen molar-refractivity contribution in [2.45, 2.75) is 31.7 Å². The van der Waals surface area contributed by atoms with Gasteiger partial charge in [0.2, 0.25) is 0 Å². The normalized spacial score (nSPS) is 29.5. The second-order valence-corrected chi connectivity index (χ2v) is 5.83. The lowest BCUT2D eigenvalue weighted by atomic mass is 9.95. The van der Waals surface area contributed by atoms with E-state index in [0.717, 1.165) is 17.5 Å². The zero-order chi connectivity index (χ0) is 12.7. The van der Waals surface area contributed by atoms with Gasteiger partial charge in [-0.3, -0.25) is 0 Å². The molecule has 3 atom stereocenters. The molecule has 96 valence electrons. The smallest absolute Gasteiger partial charge is 0.337 e. The zero-order valence-corrected chi connectivity index (χ0v) is 10.8. The lowest BCUT2D eigenvalue weighted by Gasteiger charge is -2.24. The van der Waals surface area contributed by atoms with Crippen LogP contribution in [0.25, 0.3) is 0 Å². The van der Waals surface area contributed by atoms with Gasteiger partial charge in [0.15, 0.2) is 0 Å². The standard InChI is InChI=1S/C14H16ClNO2/c15-12-4-3-10(7-11(12)14(17)18)16-13-6-8-1-2-9(13)5-8/h3-4,7-9,13,16H,1-2,5-6H2,(H,17,18). The summed E-state index contributed by atoms with van der Waals surface area (Å²) < 4.78 is 0. The van der Waals surface area contributed by atoms with Crippen LogP contribution in [-0.4, -0.2) is 17.1 Å². The molecule has 1 aromatic carbocycles. The third kappa shape index (κ3) is 2.07. The quantitative estimate of drug-likeness (QED) is 0.877. The Morgan fingerprint density at radius 1 is 1.33 bits per heavy atom. The number of hydrogen-bond acceptors (Lipinski definition) is 2. The molecule has 2 saturated carbocycles. The molecule has 0 aliphatic heterocycles. The van der Waals surface area contributed by atoms with Gasteiger partial charge in [0.1, 0.15) is 0 Å². The Balaban J connectivity index is 1.77. The average molecular weight is 266 g/mol. The molecule has 3 rings (SSSR count). The highest BCUT2D eigenvalue weighted by atomic mass is 35.5. The summed E-state index contributed by atoms with van der Waals surface area (Å²) in [5.74, 6) is 0.661. The predicted octanol–water partition coefficient (Wildman–Crippen LogP) is 3.64. The largest absolute Gasteiger partial charge is 0.478 e. The van der Waals surface area contributed by atoms with E-state index in [-0.39, 0.29) is 5.56 Å². The SMILES string of the molecule is O=C(O)c1cc(NC2CC3CCC2C3)ccc1Cl. The van der Waals surface area contributed by atoms with Gasteiger partial charge in [-0.05, 0) is 49.3 Å². The molecular weight excluding hydrogens is 250 g/mol. The molecule has 18 heavy (non-hydrogen) atoms. The van der Waals surface area contributed by atoms with Crippen LogP contribution < -0.4 is 5.32 Å². The van der Waals surface area contributed by atoms with Crippen LogP contribution >= 0.6 is 11.6 Å². The van der Waals surface area contributed by atoms with E-state index in [0.29, 0.717) is 11.1 Å². The maximum absolute atomic E-state index is 11.0. The van der Waals surface area contributed by atoms with Crippen LogP contribution in [0.1, 0.15) is 36.0 Å². The molecule has 2 N–H and O–H groups in total. The summed E-state index contributed by atoms with van der Waals surface area (Å²) in [6, 6.07) is 5.66. The van der Waals surface area contributed by atoms with Crippen molar-refractivity contribution in [3.8, 4) is 0 Å². The van der Waals surface area contributed by atoms with Gasteiger partial charge in [-0.1, -0.05) is 18.0 Å². The third-order valence-electron chi connectivity index (χ3n) is 4.29. The van der Waals surface area contributed by atoms with Crippen molar-refractivity contribution < 1.29 is 9.90 Å². The van der Waals surface area contributed by atoms with Gasteiger partial charge in [0.25, 0.3) is 0 Å². The second kappa shape index (κ2) is 4.47. The molecule has 2 fully saturated rings. The van der Waals surface area contributed by atoms with Gasteiger partial charge in [0, 0.05) is 11.7 Å². The Morgan fingerprint density at radius 2 is 2.17 bits per heavy atom. The number of carboxylic acids is 1. The first-order valence-corrected chi connectivity index (χ1v) is 6.80.